The maximum Gasteiger partial charge on any atom is 0.399 e. The molecule has 0 atom stereocenters. The summed E-state index contributed by atoms with van der Waals surface area (Å²) < 4.78 is 28.0. The summed E-state index contributed by atoms with van der Waals surface area (Å²) in [5.41, 5.74) is 0.618. The number of benzene rings is 1. The lowest BCUT2D eigenvalue weighted by molar-refractivity contribution is 0.0519. The van der Waals surface area contributed by atoms with Gasteiger partial charge in [0, 0.05) is 0 Å². The molecule has 0 radical (unpaired) electrons. The molecular formula is C13H12FNO4. The molecule has 0 amide bonds. The van der Waals surface area contributed by atoms with Crippen molar-refractivity contribution in [1.29, 1.82) is 0 Å². The first-order valence-corrected chi connectivity index (χ1v) is 5.67. The van der Waals surface area contributed by atoms with Gasteiger partial charge in [0.15, 0.2) is 5.69 Å². The third-order valence-corrected chi connectivity index (χ3v) is 2.30. The molecule has 0 saturated carbocycles. The SMILES string of the molecule is CCOC(=O)c1coc(Oc2ccc(F)cc2C)n1. The van der Waals surface area contributed by atoms with E-state index >= 15 is 0 Å². The summed E-state index contributed by atoms with van der Waals surface area (Å²) in [6.45, 7) is 3.63. The summed E-state index contributed by atoms with van der Waals surface area (Å²) in [7, 11) is 0. The zero-order valence-electron chi connectivity index (χ0n) is 10.5. The predicted octanol–water partition coefficient (Wildman–Crippen LogP) is 3.09. The van der Waals surface area contributed by atoms with Crippen molar-refractivity contribution in [3.63, 3.8) is 0 Å². The van der Waals surface area contributed by atoms with Crippen LogP contribution >= 0.6 is 0 Å². The van der Waals surface area contributed by atoms with Crippen LogP contribution in [0.5, 0.6) is 11.8 Å². The minimum absolute atomic E-state index is 0.0246. The Kier molecular flexibility index (Phi) is 3.79. The maximum atomic E-state index is 12.9. The largest absolute Gasteiger partial charge is 0.461 e. The highest BCUT2D eigenvalue weighted by atomic mass is 19.1. The number of aryl methyl sites for hydroxylation is 1. The van der Waals surface area contributed by atoms with E-state index in [0.29, 0.717) is 11.3 Å². The molecule has 100 valence electrons. The van der Waals surface area contributed by atoms with E-state index in [-0.39, 0.29) is 24.2 Å². The van der Waals surface area contributed by atoms with Crippen molar-refractivity contribution in [3.8, 4) is 11.8 Å². The number of esters is 1. The molecule has 0 N–H and O–H groups in total. The van der Waals surface area contributed by atoms with Crippen LogP contribution in [0, 0.1) is 12.7 Å². The lowest BCUT2D eigenvalue weighted by Gasteiger charge is -2.03. The molecule has 0 aliphatic rings. The molecule has 0 unspecified atom stereocenters. The molecule has 2 aromatic rings. The number of halogens is 1. The van der Waals surface area contributed by atoms with Gasteiger partial charge in [-0.15, -0.1) is 0 Å². The molecule has 1 aromatic heterocycles. The quantitative estimate of drug-likeness (QED) is 0.795. The first kappa shape index (κ1) is 13.1. The van der Waals surface area contributed by atoms with Crippen LogP contribution in [0.1, 0.15) is 23.0 Å². The molecule has 6 heteroatoms. The zero-order chi connectivity index (χ0) is 13.8. The number of oxazole rings is 1. The molecule has 0 aliphatic heterocycles. The maximum absolute atomic E-state index is 12.9. The zero-order valence-corrected chi connectivity index (χ0v) is 10.5. The second-order valence-electron chi connectivity index (χ2n) is 3.73. The van der Waals surface area contributed by atoms with E-state index in [1.807, 2.05) is 0 Å². The van der Waals surface area contributed by atoms with Gasteiger partial charge in [0.25, 0.3) is 0 Å². The minimum Gasteiger partial charge on any atom is -0.461 e. The van der Waals surface area contributed by atoms with E-state index in [2.05, 4.69) is 4.98 Å². The smallest absolute Gasteiger partial charge is 0.399 e. The van der Waals surface area contributed by atoms with Crippen LogP contribution in [-0.2, 0) is 4.74 Å². The Morgan fingerprint density at radius 3 is 2.95 bits per heavy atom. The van der Waals surface area contributed by atoms with Crippen molar-refractivity contribution in [1.82, 2.24) is 4.98 Å². The van der Waals surface area contributed by atoms with Crippen LogP contribution in [0.15, 0.2) is 28.9 Å². The molecular weight excluding hydrogens is 253 g/mol. The minimum atomic E-state index is -0.586. The van der Waals surface area contributed by atoms with E-state index in [1.165, 1.54) is 18.2 Å². The molecule has 5 nitrogen and oxygen atoms in total. The Labute approximate surface area is 109 Å². The van der Waals surface area contributed by atoms with Crippen molar-refractivity contribution in [2.75, 3.05) is 6.61 Å². The van der Waals surface area contributed by atoms with E-state index in [9.17, 15) is 9.18 Å². The van der Waals surface area contributed by atoms with Gasteiger partial charge in [-0.3, -0.25) is 0 Å². The fourth-order valence-electron chi connectivity index (χ4n) is 1.42. The summed E-state index contributed by atoms with van der Waals surface area (Å²) in [4.78, 5) is 15.2. The topological polar surface area (TPSA) is 61.6 Å². The molecule has 0 fully saturated rings. The average Bonchev–Trinajstić information content (AvgIpc) is 2.82. The number of carbonyl (C=O) groups is 1. The normalized spacial score (nSPS) is 10.3. The number of nitrogens with zero attached hydrogens (tertiary/aromatic N) is 1. The van der Waals surface area contributed by atoms with Crippen molar-refractivity contribution in [2.45, 2.75) is 13.8 Å². The van der Waals surface area contributed by atoms with Crippen LogP contribution < -0.4 is 4.74 Å². The molecule has 0 saturated heterocycles. The summed E-state index contributed by atoms with van der Waals surface area (Å²) in [5.74, 6) is -0.542. The average molecular weight is 265 g/mol. The van der Waals surface area contributed by atoms with E-state index in [4.69, 9.17) is 13.9 Å². The van der Waals surface area contributed by atoms with Crippen LogP contribution in [0.4, 0.5) is 4.39 Å². The Morgan fingerprint density at radius 1 is 1.47 bits per heavy atom. The number of aromatic nitrogens is 1. The van der Waals surface area contributed by atoms with Gasteiger partial charge < -0.3 is 13.9 Å². The lowest BCUT2D eigenvalue weighted by atomic mass is 10.2. The number of rotatable bonds is 4. The number of hydrogen-bond acceptors (Lipinski definition) is 5. The predicted molar refractivity (Wildman–Crippen MR) is 63.7 cm³/mol. The second-order valence-corrected chi connectivity index (χ2v) is 3.73. The molecule has 0 spiro atoms. The highest BCUT2D eigenvalue weighted by Gasteiger charge is 2.15. The standard InChI is InChI=1S/C13H12FNO4/c1-3-17-12(16)10-7-18-13(15-10)19-11-5-4-9(14)6-8(11)2/h4-7H,3H2,1-2H3. The van der Waals surface area contributed by atoms with Gasteiger partial charge in [0.05, 0.1) is 6.61 Å². The van der Waals surface area contributed by atoms with E-state index in [1.54, 1.807) is 13.8 Å². The van der Waals surface area contributed by atoms with Crippen molar-refractivity contribution < 1.29 is 23.1 Å². The fraction of sp³-hybridized carbons (Fsp3) is 0.231. The van der Waals surface area contributed by atoms with Crippen molar-refractivity contribution >= 4 is 5.97 Å². The van der Waals surface area contributed by atoms with Gasteiger partial charge >= 0.3 is 12.0 Å². The first-order valence-electron chi connectivity index (χ1n) is 5.67. The molecule has 2 rings (SSSR count). The van der Waals surface area contributed by atoms with Gasteiger partial charge in [-0.25, -0.2) is 9.18 Å². The van der Waals surface area contributed by atoms with Crippen LogP contribution in [0.3, 0.4) is 0 Å². The van der Waals surface area contributed by atoms with Gasteiger partial charge in [0.1, 0.15) is 17.8 Å². The molecule has 1 heterocycles. The van der Waals surface area contributed by atoms with Gasteiger partial charge in [-0.2, -0.15) is 4.98 Å². The first-order chi connectivity index (χ1) is 9.10. The molecule has 0 bridgehead atoms. The summed E-state index contributed by atoms with van der Waals surface area (Å²) in [6, 6.07) is 4.04. The molecule has 0 aliphatic carbocycles. The third kappa shape index (κ3) is 3.09. The Balaban J connectivity index is 2.13. The molecule has 1 aromatic carbocycles. The monoisotopic (exact) mass is 265 g/mol. The number of carbonyl (C=O) groups excluding carboxylic acids is 1. The fourth-order valence-corrected chi connectivity index (χ4v) is 1.42. The van der Waals surface area contributed by atoms with Crippen molar-refractivity contribution in [2.24, 2.45) is 0 Å². The second kappa shape index (κ2) is 5.51. The Hall–Kier alpha value is -2.37. The number of ether oxygens (including phenoxy) is 2. The van der Waals surface area contributed by atoms with E-state index < -0.39 is 5.97 Å². The molecule has 19 heavy (non-hydrogen) atoms. The highest BCUT2D eigenvalue weighted by molar-refractivity contribution is 5.86. The lowest BCUT2D eigenvalue weighted by Crippen LogP contribution is -2.04. The number of hydrogen-bond donors (Lipinski definition) is 0. The summed E-state index contributed by atoms with van der Waals surface area (Å²) in [5, 5.41) is 0. The highest BCUT2D eigenvalue weighted by Crippen LogP contribution is 2.25. The summed E-state index contributed by atoms with van der Waals surface area (Å²) >= 11 is 0. The van der Waals surface area contributed by atoms with Crippen LogP contribution in [0.2, 0.25) is 0 Å². The van der Waals surface area contributed by atoms with Crippen LogP contribution in [0.25, 0.3) is 0 Å². The van der Waals surface area contributed by atoms with Gasteiger partial charge in [-0.05, 0) is 37.6 Å². The Bertz CT molecular complexity index is 594. The van der Waals surface area contributed by atoms with Gasteiger partial charge in [-0.1, -0.05) is 0 Å². The van der Waals surface area contributed by atoms with Gasteiger partial charge in [0.2, 0.25) is 0 Å². The van der Waals surface area contributed by atoms with E-state index in [0.717, 1.165) is 6.26 Å². The Morgan fingerprint density at radius 2 is 2.26 bits per heavy atom. The summed E-state index contributed by atoms with van der Waals surface area (Å²) in [6.07, 6.45) is 1.05. The van der Waals surface area contributed by atoms with Crippen molar-refractivity contribution in [3.05, 3.63) is 41.5 Å². The third-order valence-electron chi connectivity index (χ3n) is 2.30. The van der Waals surface area contributed by atoms with Crippen LogP contribution in [-0.4, -0.2) is 17.6 Å².